The van der Waals surface area contributed by atoms with Crippen molar-refractivity contribution in [2.24, 2.45) is 11.8 Å². The Balaban J connectivity index is 1.99. The van der Waals surface area contributed by atoms with E-state index in [0.29, 0.717) is 23.7 Å². The molecule has 0 bridgehead atoms. The molecule has 2 unspecified atom stereocenters. The summed E-state index contributed by atoms with van der Waals surface area (Å²) in [4.78, 5) is 8.49. The van der Waals surface area contributed by atoms with Gasteiger partial charge in [-0.05, 0) is 31.6 Å². The van der Waals surface area contributed by atoms with E-state index >= 15 is 0 Å². The van der Waals surface area contributed by atoms with E-state index in [1.807, 2.05) is 14.0 Å². The van der Waals surface area contributed by atoms with Crippen LogP contribution in [0.15, 0.2) is 18.3 Å². The van der Waals surface area contributed by atoms with Crippen molar-refractivity contribution < 1.29 is 4.74 Å². The van der Waals surface area contributed by atoms with Gasteiger partial charge in [-0.3, -0.25) is 0 Å². The number of allylic oxidation sites excluding steroid dienone is 2. The lowest BCUT2D eigenvalue weighted by molar-refractivity contribution is 0.191. The van der Waals surface area contributed by atoms with Gasteiger partial charge in [0.15, 0.2) is 0 Å². The Morgan fingerprint density at radius 1 is 1.39 bits per heavy atom. The molecular formula is C14H21N3O. The van der Waals surface area contributed by atoms with Crippen LogP contribution in [0.2, 0.25) is 0 Å². The van der Waals surface area contributed by atoms with Crippen molar-refractivity contribution in [3.8, 4) is 5.88 Å². The molecule has 98 valence electrons. The van der Waals surface area contributed by atoms with Crippen molar-refractivity contribution in [2.75, 3.05) is 19.0 Å². The fraction of sp³-hybridized carbons (Fsp3) is 0.571. The highest BCUT2D eigenvalue weighted by Gasteiger charge is 2.19. The van der Waals surface area contributed by atoms with E-state index in [9.17, 15) is 0 Å². The van der Waals surface area contributed by atoms with Crippen LogP contribution in [0.3, 0.4) is 0 Å². The minimum absolute atomic E-state index is 0.586. The zero-order chi connectivity index (χ0) is 13.0. The first kappa shape index (κ1) is 12.9. The predicted molar refractivity (Wildman–Crippen MR) is 72.8 cm³/mol. The number of rotatable bonds is 4. The molecule has 4 nitrogen and oxygen atoms in total. The summed E-state index contributed by atoms with van der Waals surface area (Å²) in [6.45, 7) is 4.98. The van der Waals surface area contributed by atoms with Crippen LogP contribution in [0, 0.1) is 18.8 Å². The molecular weight excluding hydrogens is 226 g/mol. The topological polar surface area (TPSA) is 47.0 Å². The van der Waals surface area contributed by atoms with E-state index in [0.717, 1.165) is 25.0 Å². The minimum Gasteiger partial charge on any atom is -0.477 e. The van der Waals surface area contributed by atoms with Gasteiger partial charge in [-0.15, -0.1) is 0 Å². The molecule has 4 heteroatoms. The molecule has 0 aromatic carbocycles. The maximum Gasteiger partial charge on any atom is 0.225 e. The van der Waals surface area contributed by atoms with E-state index in [-0.39, 0.29) is 0 Å². The summed E-state index contributed by atoms with van der Waals surface area (Å²) in [5, 5.41) is 2.93. The van der Waals surface area contributed by atoms with Gasteiger partial charge in [0.1, 0.15) is 0 Å². The van der Waals surface area contributed by atoms with Gasteiger partial charge in [-0.25, -0.2) is 4.98 Å². The summed E-state index contributed by atoms with van der Waals surface area (Å²) < 4.78 is 5.86. The SMILES string of the molecule is CNc1ncc(C)c(OCC2CC=CCC2C)n1. The van der Waals surface area contributed by atoms with Crippen LogP contribution in [0.5, 0.6) is 5.88 Å². The Morgan fingerprint density at radius 2 is 2.17 bits per heavy atom. The number of ether oxygens (including phenoxy) is 1. The maximum absolute atomic E-state index is 5.86. The smallest absolute Gasteiger partial charge is 0.225 e. The lowest BCUT2D eigenvalue weighted by Gasteiger charge is -2.25. The fourth-order valence-corrected chi connectivity index (χ4v) is 2.12. The highest BCUT2D eigenvalue weighted by Crippen LogP contribution is 2.26. The number of nitrogens with one attached hydrogen (secondary N) is 1. The minimum atomic E-state index is 0.586. The molecule has 1 N–H and O–H groups in total. The van der Waals surface area contributed by atoms with Crippen molar-refractivity contribution in [3.63, 3.8) is 0 Å². The van der Waals surface area contributed by atoms with E-state index in [2.05, 4.69) is 34.4 Å². The second-order valence-electron chi connectivity index (χ2n) is 4.92. The first-order valence-corrected chi connectivity index (χ1v) is 6.50. The second kappa shape index (κ2) is 5.85. The average Bonchev–Trinajstić information content (AvgIpc) is 2.39. The third-order valence-corrected chi connectivity index (χ3v) is 3.50. The van der Waals surface area contributed by atoms with Crippen LogP contribution in [-0.4, -0.2) is 23.6 Å². The summed E-state index contributed by atoms with van der Waals surface area (Å²) in [7, 11) is 1.81. The molecule has 0 radical (unpaired) electrons. The molecule has 18 heavy (non-hydrogen) atoms. The molecule has 1 aliphatic carbocycles. The Labute approximate surface area is 108 Å². The van der Waals surface area contributed by atoms with Gasteiger partial charge in [0.25, 0.3) is 0 Å². The number of aromatic nitrogens is 2. The van der Waals surface area contributed by atoms with Gasteiger partial charge in [0.2, 0.25) is 11.8 Å². The summed E-state index contributed by atoms with van der Waals surface area (Å²) in [5.74, 6) is 2.56. The molecule has 0 aliphatic heterocycles. The first-order valence-electron chi connectivity index (χ1n) is 6.50. The molecule has 1 aromatic heterocycles. The van der Waals surface area contributed by atoms with E-state index in [4.69, 9.17) is 4.74 Å². The molecule has 0 amide bonds. The molecule has 0 fully saturated rings. The van der Waals surface area contributed by atoms with Crippen molar-refractivity contribution in [2.45, 2.75) is 26.7 Å². The second-order valence-corrected chi connectivity index (χ2v) is 4.92. The van der Waals surface area contributed by atoms with E-state index < -0.39 is 0 Å². The Hall–Kier alpha value is -1.58. The summed E-state index contributed by atoms with van der Waals surface area (Å²) in [5.41, 5.74) is 0.980. The largest absolute Gasteiger partial charge is 0.477 e. The molecule has 0 saturated carbocycles. The van der Waals surface area contributed by atoms with Crippen LogP contribution in [0.1, 0.15) is 25.3 Å². The van der Waals surface area contributed by atoms with E-state index in [1.54, 1.807) is 6.20 Å². The highest BCUT2D eigenvalue weighted by atomic mass is 16.5. The fourth-order valence-electron chi connectivity index (χ4n) is 2.12. The van der Waals surface area contributed by atoms with Gasteiger partial charge in [-0.2, -0.15) is 4.98 Å². The number of nitrogens with zero attached hydrogens (tertiary/aromatic N) is 2. The number of aryl methyl sites for hydroxylation is 1. The quantitative estimate of drug-likeness (QED) is 0.831. The number of hydrogen-bond acceptors (Lipinski definition) is 4. The van der Waals surface area contributed by atoms with Crippen molar-refractivity contribution in [1.29, 1.82) is 0 Å². The van der Waals surface area contributed by atoms with Gasteiger partial charge in [0.05, 0.1) is 6.61 Å². The van der Waals surface area contributed by atoms with Crippen molar-refractivity contribution in [1.82, 2.24) is 9.97 Å². The van der Waals surface area contributed by atoms with Gasteiger partial charge >= 0.3 is 0 Å². The van der Waals surface area contributed by atoms with Crippen LogP contribution in [0.4, 0.5) is 5.95 Å². The number of hydrogen-bond donors (Lipinski definition) is 1. The molecule has 2 atom stereocenters. The van der Waals surface area contributed by atoms with Gasteiger partial charge < -0.3 is 10.1 Å². The Kier molecular flexibility index (Phi) is 4.18. The standard InChI is InChI=1S/C14H21N3O/c1-10-6-4-5-7-12(10)9-18-13-11(2)8-16-14(15-3)17-13/h4-5,8,10,12H,6-7,9H2,1-3H3,(H,15,16,17). The third kappa shape index (κ3) is 3.00. The Morgan fingerprint density at radius 3 is 2.89 bits per heavy atom. The monoisotopic (exact) mass is 247 g/mol. The molecule has 0 spiro atoms. The van der Waals surface area contributed by atoms with Gasteiger partial charge in [0, 0.05) is 18.8 Å². The van der Waals surface area contributed by atoms with E-state index in [1.165, 1.54) is 0 Å². The van der Waals surface area contributed by atoms with Crippen molar-refractivity contribution in [3.05, 3.63) is 23.9 Å². The van der Waals surface area contributed by atoms with Crippen molar-refractivity contribution >= 4 is 5.95 Å². The molecule has 1 aliphatic rings. The maximum atomic E-state index is 5.86. The predicted octanol–water partition coefficient (Wildman–Crippen LogP) is 2.81. The molecule has 1 aromatic rings. The summed E-state index contributed by atoms with van der Waals surface area (Å²) >= 11 is 0. The molecule has 0 saturated heterocycles. The van der Waals surface area contributed by atoms with Gasteiger partial charge in [-0.1, -0.05) is 19.1 Å². The third-order valence-electron chi connectivity index (χ3n) is 3.50. The number of anilines is 1. The van der Waals surface area contributed by atoms with Crippen LogP contribution in [-0.2, 0) is 0 Å². The summed E-state index contributed by atoms with van der Waals surface area (Å²) in [6.07, 6.45) is 8.55. The highest BCUT2D eigenvalue weighted by molar-refractivity contribution is 5.31. The average molecular weight is 247 g/mol. The first-order chi connectivity index (χ1) is 8.70. The normalized spacial score (nSPS) is 22.8. The molecule has 1 heterocycles. The molecule has 2 rings (SSSR count). The lowest BCUT2D eigenvalue weighted by Crippen LogP contribution is -2.21. The van der Waals surface area contributed by atoms with Crippen LogP contribution >= 0.6 is 0 Å². The van der Waals surface area contributed by atoms with Crippen LogP contribution < -0.4 is 10.1 Å². The van der Waals surface area contributed by atoms with Crippen LogP contribution in [0.25, 0.3) is 0 Å². The lowest BCUT2D eigenvalue weighted by atomic mass is 9.85. The Bertz CT molecular complexity index is 431. The zero-order valence-electron chi connectivity index (χ0n) is 11.3. The summed E-state index contributed by atoms with van der Waals surface area (Å²) in [6, 6.07) is 0. The zero-order valence-corrected chi connectivity index (χ0v) is 11.3.